The van der Waals surface area contributed by atoms with Crippen LogP contribution < -0.4 is 4.90 Å². The van der Waals surface area contributed by atoms with E-state index in [4.69, 9.17) is 9.84 Å². The van der Waals surface area contributed by atoms with E-state index < -0.39 is 0 Å². The third-order valence-electron chi connectivity index (χ3n) is 3.57. The van der Waals surface area contributed by atoms with Crippen molar-refractivity contribution in [1.82, 2.24) is 4.90 Å². The molecule has 0 saturated heterocycles. The number of hydrogen-bond acceptors (Lipinski definition) is 4. The molecule has 0 unspecified atom stereocenters. The molecule has 1 aromatic rings. The van der Waals surface area contributed by atoms with Crippen LogP contribution in [0.15, 0.2) is 24.3 Å². The maximum absolute atomic E-state index is 12.4. The van der Waals surface area contributed by atoms with Gasteiger partial charge >= 0.3 is 0 Å². The van der Waals surface area contributed by atoms with Crippen LogP contribution in [0.2, 0.25) is 0 Å². The van der Waals surface area contributed by atoms with Gasteiger partial charge < -0.3 is 14.7 Å². The standard InChI is InChI=1S/C15H22N2O3/c1-20-11-9-16(8-10-18)12-15(19)17-7-6-13-4-2-3-5-14(13)17/h2-5,18H,6-12H2,1H3. The summed E-state index contributed by atoms with van der Waals surface area (Å²) < 4.78 is 5.03. The van der Waals surface area contributed by atoms with Gasteiger partial charge in [0.15, 0.2) is 0 Å². The van der Waals surface area contributed by atoms with E-state index >= 15 is 0 Å². The number of hydrogen-bond donors (Lipinski definition) is 1. The van der Waals surface area contributed by atoms with Crippen LogP contribution in [0, 0.1) is 0 Å². The zero-order chi connectivity index (χ0) is 14.4. The van der Waals surface area contributed by atoms with Gasteiger partial charge in [-0.2, -0.15) is 0 Å². The number of carbonyl (C=O) groups excluding carboxylic acids is 1. The Kier molecular flexibility index (Phi) is 5.52. The number of para-hydroxylation sites is 1. The summed E-state index contributed by atoms with van der Waals surface area (Å²) in [6.45, 7) is 2.81. The van der Waals surface area contributed by atoms with Crippen molar-refractivity contribution in [1.29, 1.82) is 0 Å². The highest BCUT2D eigenvalue weighted by Crippen LogP contribution is 2.27. The normalized spacial score (nSPS) is 13.8. The van der Waals surface area contributed by atoms with E-state index in [1.165, 1.54) is 5.56 Å². The molecule has 1 N–H and O–H groups in total. The summed E-state index contributed by atoms with van der Waals surface area (Å²) in [5, 5.41) is 9.06. The van der Waals surface area contributed by atoms with Crippen molar-refractivity contribution < 1.29 is 14.6 Å². The number of benzene rings is 1. The predicted octanol–water partition coefficient (Wildman–Crippen LogP) is 0.516. The Labute approximate surface area is 119 Å². The number of fused-ring (bicyclic) bond motifs is 1. The Hall–Kier alpha value is -1.43. The third kappa shape index (κ3) is 3.56. The molecule has 0 aromatic heterocycles. The summed E-state index contributed by atoms with van der Waals surface area (Å²) in [6, 6.07) is 8.02. The van der Waals surface area contributed by atoms with Crippen molar-refractivity contribution in [2.24, 2.45) is 0 Å². The number of methoxy groups -OCH3 is 1. The summed E-state index contributed by atoms with van der Waals surface area (Å²) >= 11 is 0. The van der Waals surface area contributed by atoms with E-state index in [2.05, 4.69) is 6.07 Å². The van der Waals surface area contributed by atoms with Crippen LogP contribution in [0.3, 0.4) is 0 Å². The Balaban J connectivity index is 1.97. The molecule has 0 aliphatic carbocycles. The van der Waals surface area contributed by atoms with Crippen molar-refractivity contribution in [2.45, 2.75) is 6.42 Å². The number of carbonyl (C=O) groups is 1. The lowest BCUT2D eigenvalue weighted by Gasteiger charge is -2.24. The summed E-state index contributed by atoms with van der Waals surface area (Å²) in [7, 11) is 1.63. The van der Waals surface area contributed by atoms with Gasteiger partial charge in [0.05, 0.1) is 19.8 Å². The number of aliphatic hydroxyl groups excluding tert-OH is 1. The molecule has 0 radical (unpaired) electrons. The van der Waals surface area contributed by atoms with Crippen LogP contribution >= 0.6 is 0 Å². The summed E-state index contributed by atoms with van der Waals surface area (Å²) in [6.07, 6.45) is 0.917. The Morgan fingerprint density at radius 1 is 1.40 bits per heavy atom. The van der Waals surface area contributed by atoms with E-state index in [-0.39, 0.29) is 12.5 Å². The number of ether oxygens (including phenoxy) is 1. The molecular weight excluding hydrogens is 256 g/mol. The van der Waals surface area contributed by atoms with Crippen molar-refractivity contribution in [3.05, 3.63) is 29.8 Å². The van der Waals surface area contributed by atoms with Crippen LogP contribution in [-0.4, -0.2) is 62.4 Å². The monoisotopic (exact) mass is 278 g/mol. The highest BCUT2D eigenvalue weighted by Gasteiger charge is 2.25. The van der Waals surface area contributed by atoms with Crippen LogP contribution in [0.4, 0.5) is 5.69 Å². The number of amides is 1. The minimum atomic E-state index is 0.0492. The van der Waals surface area contributed by atoms with Crippen LogP contribution in [0.1, 0.15) is 5.56 Å². The zero-order valence-corrected chi connectivity index (χ0v) is 11.9. The van der Waals surface area contributed by atoms with E-state index in [0.717, 1.165) is 18.7 Å². The van der Waals surface area contributed by atoms with Crippen LogP contribution in [0.5, 0.6) is 0 Å². The van der Waals surface area contributed by atoms with Gasteiger partial charge in [0, 0.05) is 32.4 Å². The fourth-order valence-corrected chi connectivity index (χ4v) is 2.51. The average Bonchev–Trinajstić information content (AvgIpc) is 2.89. The molecule has 1 aromatic carbocycles. The molecule has 110 valence electrons. The topological polar surface area (TPSA) is 53.0 Å². The second-order valence-corrected chi connectivity index (χ2v) is 4.92. The van der Waals surface area contributed by atoms with Gasteiger partial charge in [-0.25, -0.2) is 0 Å². The lowest BCUT2D eigenvalue weighted by Crippen LogP contribution is -2.42. The molecule has 0 atom stereocenters. The Morgan fingerprint density at radius 3 is 2.95 bits per heavy atom. The van der Waals surface area contributed by atoms with E-state index in [9.17, 15) is 4.79 Å². The molecule has 5 nitrogen and oxygen atoms in total. The fourth-order valence-electron chi connectivity index (χ4n) is 2.51. The molecule has 1 amide bonds. The lowest BCUT2D eigenvalue weighted by molar-refractivity contribution is -0.119. The van der Waals surface area contributed by atoms with Crippen molar-refractivity contribution >= 4 is 11.6 Å². The summed E-state index contributed by atoms with van der Waals surface area (Å²) in [4.78, 5) is 16.2. The Morgan fingerprint density at radius 2 is 2.20 bits per heavy atom. The van der Waals surface area contributed by atoms with Gasteiger partial charge in [0.2, 0.25) is 5.91 Å². The van der Waals surface area contributed by atoms with Crippen LogP contribution in [0.25, 0.3) is 0 Å². The quantitative estimate of drug-likeness (QED) is 0.790. The maximum atomic E-state index is 12.4. The van der Waals surface area contributed by atoms with Gasteiger partial charge in [-0.05, 0) is 18.1 Å². The van der Waals surface area contributed by atoms with Gasteiger partial charge in [-0.15, -0.1) is 0 Å². The molecule has 5 heteroatoms. The summed E-state index contributed by atoms with van der Waals surface area (Å²) in [5.74, 6) is 0.0829. The molecule has 0 spiro atoms. The first-order chi connectivity index (χ1) is 9.76. The number of aliphatic hydroxyl groups is 1. The van der Waals surface area contributed by atoms with Crippen molar-refractivity contribution in [2.75, 3.05) is 51.4 Å². The first-order valence-corrected chi connectivity index (χ1v) is 6.96. The van der Waals surface area contributed by atoms with E-state index in [1.807, 2.05) is 28.0 Å². The zero-order valence-electron chi connectivity index (χ0n) is 11.9. The fraction of sp³-hybridized carbons (Fsp3) is 0.533. The van der Waals surface area contributed by atoms with Gasteiger partial charge in [0.1, 0.15) is 0 Å². The average molecular weight is 278 g/mol. The third-order valence-corrected chi connectivity index (χ3v) is 3.57. The minimum absolute atomic E-state index is 0.0492. The van der Waals surface area contributed by atoms with Gasteiger partial charge in [0.25, 0.3) is 0 Å². The molecule has 0 bridgehead atoms. The highest BCUT2D eigenvalue weighted by molar-refractivity contribution is 5.96. The van der Waals surface area contributed by atoms with E-state index in [1.54, 1.807) is 7.11 Å². The van der Waals surface area contributed by atoms with E-state index in [0.29, 0.717) is 26.2 Å². The van der Waals surface area contributed by atoms with Crippen molar-refractivity contribution in [3.8, 4) is 0 Å². The smallest absolute Gasteiger partial charge is 0.241 e. The Bertz CT molecular complexity index is 450. The lowest BCUT2D eigenvalue weighted by atomic mass is 10.2. The van der Waals surface area contributed by atoms with Crippen LogP contribution in [-0.2, 0) is 16.0 Å². The summed E-state index contributed by atoms with van der Waals surface area (Å²) in [5.41, 5.74) is 2.25. The highest BCUT2D eigenvalue weighted by atomic mass is 16.5. The predicted molar refractivity (Wildman–Crippen MR) is 77.9 cm³/mol. The molecular formula is C15H22N2O3. The second-order valence-electron chi connectivity index (χ2n) is 4.92. The molecule has 20 heavy (non-hydrogen) atoms. The van der Waals surface area contributed by atoms with Gasteiger partial charge in [-0.1, -0.05) is 18.2 Å². The molecule has 1 aliphatic rings. The largest absolute Gasteiger partial charge is 0.395 e. The number of anilines is 1. The molecule has 0 saturated carbocycles. The minimum Gasteiger partial charge on any atom is -0.395 e. The molecule has 0 fully saturated rings. The SMILES string of the molecule is COCCN(CCO)CC(=O)N1CCc2ccccc21. The number of rotatable bonds is 7. The molecule has 2 rings (SSSR count). The molecule has 1 heterocycles. The first kappa shape index (κ1) is 15.0. The van der Waals surface area contributed by atoms with Gasteiger partial charge in [-0.3, -0.25) is 9.69 Å². The second kappa shape index (κ2) is 7.38. The number of nitrogens with zero attached hydrogens (tertiary/aromatic N) is 2. The first-order valence-electron chi connectivity index (χ1n) is 6.96. The maximum Gasteiger partial charge on any atom is 0.241 e. The van der Waals surface area contributed by atoms with Crippen molar-refractivity contribution in [3.63, 3.8) is 0 Å². The molecule has 1 aliphatic heterocycles.